The minimum Gasteiger partial charge on any atom is -1.00 e. The molecular formula is C7H6NNaOS. The molecule has 4 heteroatoms. The summed E-state index contributed by atoms with van der Waals surface area (Å²) >= 11 is 3.92. The van der Waals surface area contributed by atoms with E-state index >= 15 is 0 Å². The Morgan fingerprint density at radius 3 is 2.64 bits per heavy atom. The Morgan fingerprint density at radius 2 is 2.18 bits per heavy atom. The van der Waals surface area contributed by atoms with Crippen LogP contribution < -0.4 is 29.6 Å². The molecule has 0 fully saturated rings. The van der Waals surface area contributed by atoms with Gasteiger partial charge >= 0.3 is 29.6 Å². The molecule has 0 saturated carbocycles. The maximum atomic E-state index is 9.00. The van der Waals surface area contributed by atoms with Gasteiger partial charge in [0.05, 0.1) is 11.6 Å². The average molecular weight is 175 g/mol. The summed E-state index contributed by atoms with van der Waals surface area (Å²) in [6.07, 6.45) is 0. The zero-order valence-corrected chi connectivity index (χ0v) is 8.97. The van der Waals surface area contributed by atoms with Gasteiger partial charge in [-0.25, -0.2) is 0 Å². The Hall–Kier alpha value is -0.140. The number of phenols is 1. The van der Waals surface area contributed by atoms with E-state index in [9.17, 15) is 0 Å². The van der Waals surface area contributed by atoms with Crippen LogP contribution in [-0.4, -0.2) is 5.11 Å². The Morgan fingerprint density at radius 1 is 1.55 bits per heavy atom. The van der Waals surface area contributed by atoms with Gasteiger partial charge in [-0.1, -0.05) is 0 Å². The standard InChI is InChI=1S/C7H5NOS.Na.H/c8-4-5-1-2-7(10)6(9)3-5;;/h1-3,9-10H;;/q;+1;-1. The largest absolute Gasteiger partial charge is 1.00 e. The monoisotopic (exact) mass is 175 g/mol. The normalized spacial score (nSPS) is 8.00. The first kappa shape index (κ1) is 10.9. The van der Waals surface area contributed by atoms with E-state index in [1.165, 1.54) is 6.07 Å². The van der Waals surface area contributed by atoms with Gasteiger partial charge < -0.3 is 6.53 Å². The second kappa shape index (κ2) is 4.68. The molecule has 0 aromatic heterocycles. The quantitative estimate of drug-likeness (QED) is 0.379. The topological polar surface area (TPSA) is 44.0 Å². The van der Waals surface area contributed by atoms with Gasteiger partial charge in [0.2, 0.25) is 0 Å². The molecule has 52 valence electrons. The molecule has 0 heterocycles. The molecule has 0 spiro atoms. The molecule has 0 saturated heterocycles. The summed E-state index contributed by atoms with van der Waals surface area (Å²) in [7, 11) is 0. The maximum Gasteiger partial charge on any atom is 1.00 e. The van der Waals surface area contributed by atoms with Crippen LogP contribution in [0.15, 0.2) is 23.1 Å². The third kappa shape index (κ3) is 2.76. The van der Waals surface area contributed by atoms with Crippen LogP contribution in [0.2, 0.25) is 0 Å². The van der Waals surface area contributed by atoms with E-state index in [0.29, 0.717) is 10.5 Å². The first-order chi connectivity index (χ1) is 4.74. The molecule has 1 aromatic rings. The zero-order chi connectivity index (χ0) is 7.56. The predicted molar refractivity (Wildman–Crippen MR) is 41.2 cm³/mol. The van der Waals surface area contributed by atoms with Crippen LogP contribution >= 0.6 is 12.6 Å². The molecule has 2 nitrogen and oxygen atoms in total. The molecular weight excluding hydrogens is 169 g/mol. The van der Waals surface area contributed by atoms with Gasteiger partial charge in [0.15, 0.2) is 0 Å². The minimum absolute atomic E-state index is 0. The van der Waals surface area contributed by atoms with Crippen molar-refractivity contribution < 1.29 is 36.1 Å². The molecule has 11 heavy (non-hydrogen) atoms. The van der Waals surface area contributed by atoms with Crippen molar-refractivity contribution >= 4 is 12.6 Å². The minimum atomic E-state index is 0. The van der Waals surface area contributed by atoms with Crippen LogP contribution in [0, 0.1) is 11.3 Å². The van der Waals surface area contributed by atoms with E-state index in [-0.39, 0.29) is 36.7 Å². The second-order valence-corrected chi connectivity index (χ2v) is 2.30. The van der Waals surface area contributed by atoms with E-state index in [1.54, 1.807) is 12.1 Å². The second-order valence-electron chi connectivity index (χ2n) is 1.82. The fourth-order valence-corrected chi connectivity index (χ4v) is 0.732. The maximum absolute atomic E-state index is 9.00. The van der Waals surface area contributed by atoms with Gasteiger partial charge in [-0.15, -0.1) is 12.6 Å². The van der Waals surface area contributed by atoms with Crippen LogP contribution in [0.4, 0.5) is 0 Å². The molecule has 0 atom stereocenters. The fraction of sp³-hybridized carbons (Fsp3) is 0. The van der Waals surface area contributed by atoms with Gasteiger partial charge in [0, 0.05) is 4.90 Å². The molecule has 0 aliphatic heterocycles. The van der Waals surface area contributed by atoms with Crippen molar-refractivity contribution in [2.75, 3.05) is 0 Å². The van der Waals surface area contributed by atoms with Crippen LogP contribution in [0.5, 0.6) is 5.75 Å². The number of thiol groups is 1. The summed E-state index contributed by atoms with van der Waals surface area (Å²) in [5.74, 6) is 0.0439. The SMILES string of the molecule is N#Cc1ccc(S)c(O)c1.[H-].[Na+]. The molecule has 0 amide bonds. The van der Waals surface area contributed by atoms with Gasteiger partial charge in [0.1, 0.15) is 5.75 Å². The van der Waals surface area contributed by atoms with Crippen molar-refractivity contribution in [3.8, 4) is 11.8 Å². The van der Waals surface area contributed by atoms with Gasteiger partial charge in [-0.05, 0) is 18.2 Å². The Labute approximate surface area is 94.0 Å². The molecule has 1 N–H and O–H groups in total. The molecule has 0 aliphatic rings. The third-order valence-corrected chi connectivity index (χ3v) is 1.48. The van der Waals surface area contributed by atoms with Crippen molar-refractivity contribution in [1.82, 2.24) is 0 Å². The third-order valence-electron chi connectivity index (χ3n) is 1.10. The molecule has 1 aromatic carbocycles. The van der Waals surface area contributed by atoms with Crippen LogP contribution in [0.3, 0.4) is 0 Å². The van der Waals surface area contributed by atoms with E-state index in [1.807, 2.05) is 6.07 Å². The van der Waals surface area contributed by atoms with Crippen molar-refractivity contribution in [3.63, 3.8) is 0 Å². The van der Waals surface area contributed by atoms with Gasteiger partial charge in [-0.2, -0.15) is 5.26 Å². The Balaban J connectivity index is 0. The summed E-state index contributed by atoms with van der Waals surface area (Å²) in [5.41, 5.74) is 0.440. The molecule has 0 unspecified atom stereocenters. The van der Waals surface area contributed by atoms with E-state index < -0.39 is 0 Å². The summed E-state index contributed by atoms with van der Waals surface area (Å²) in [4.78, 5) is 0.485. The first-order valence-electron chi connectivity index (χ1n) is 2.66. The Kier molecular flexibility index (Phi) is 4.62. The summed E-state index contributed by atoms with van der Waals surface area (Å²) in [6, 6.07) is 6.46. The van der Waals surface area contributed by atoms with Crippen LogP contribution in [0.25, 0.3) is 0 Å². The van der Waals surface area contributed by atoms with Crippen molar-refractivity contribution in [3.05, 3.63) is 23.8 Å². The number of phenolic OH excluding ortho intramolecular Hbond substituents is 1. The van der Waals surface area contributed by atoms with E-state index in [0.717, 1.165) is 0 Å². The van der Waals surface area contributed by atoms with Crippen LogP contribution in [0.1, 0.15) is 6.99 Å². The summed E-state index contributed by atoms with van der Waals surface area (Å²) < 4.78 is 0. The predicted octanol–water partition coefficient (Wildman–Crippen LogP) is -1.33. The van der Waals surface area contributed by atoms with E-state index in [4.69, 9.17) is 10.4 Å². The zero-order valence-electron chi connectivity index (χ0n) is 7.07. The fourth-order valence-electron chi connectivity index (χ4n) is 0.593. The molecule has 0 bridgehead atoms. The molecule has 0 radical (unpaired) electrons. The van der Waals surface area contributed by atoms with Gasteiger partial charge in [0.25, 0.3) is 0 Å². The number of hydrogen-bond acceptors (Lipinski definition) is 3. The van der Waals surface area contributed by atoms with Crippen molar-refractivity contribution in [2.45, 2.75) is 4.90 Å². The molecule has 1 rings (SSSR count). The number of hydrogen-bond donors (Lipinski definition) is 2. The number of rotatable bonds is 0. The Bertz CT molecular complexity index is 300. The van der Waals surface area contributed by atoms with Crippen molar-refractivity contribution in [2.24, 2.45) is 0 Å². The van der Waals surface area contributed by atoms with Crippen molar-refractivity contribution in [1.29, 1.82) is 5.26 Å². The first-order valence-corrected chi connectivity index (χ1v) is 3.11. The number of nitriles is 1. The van der Waals surface area contributed by atoms with Gasteiger partial charge in [-0.3, -0.25) is 0 Å². The number of aromatic hydroxyl groups is 1. The number of nitrogens with zero attached hydrogens (tertiary/aromatic N) is 1. The van der Waals surface area contributed by atoms with E-state index in [2.05, 4.69) is 12.6 Å². The van der Waals surface area contributed by atoms with Crippen LogP contribution in [-0.2, 0) is 0 Å². The molecule has 0 aliphatic carbocycles. The summed E-state index contributed by atoms with van der Waals surface area (Å²) in [5, 5.41) is 17.4. The summed E-state index contributed by atoms with van der Waals surface area (Å²) in [6.45, 7) is 0. The smallest absolute Gasteiger partial charge is 1.00 e. The number of benzene rings is 1. The average Bonchev–Trinajstić information content (AvgIpc) is 1.95.